The molecule has 1 atom stereocenters. The van der Waals surface area contributed by atoms with E-state index in [4.69, 9.17) is 11.6 Å². The fourth-order valence-electron chi connectivity index (χ4n) is 2.86. The largest absolute Gasteiger partial charge is 0.309 e. The first-order chi connectivity index (χ1) is 10.1. The molecule has 0 saturated heterocycles. The molecule has 0 saturated carbocycles. The van der Waals surface area contributed by atoms with Gasteiger partial charge in [-0.2, -0.15) is 0 Å². The first-order valence-electron chi connectivity index (χ1n) is 6.90. The van der Waals surface area contributed by atoms with Gasteiger partial charge in [-0.3, -0.25) is 4.79 Å². The van der Waals surface area contributed by atoms with Crippen LogP contribution in [0.15, 0.2) is 42.5 Å². The SMILES string of the molecule is C[C@H]1Cc2ccccc2N1C(=O)Cc1ccc(Cl)cc1F. The zero-order chi connectivity index (χ0) is 15.0. The van der Waals surface area contributed by atoms with Crippen molar-refractivity contribution in [1.29, 1.82) is 0 Å². The van der Waals surface area contributed by atoms with Crippen LogP contribution < -0.4 is 4.90 Å². The van der Waals surface area contributed by atoms with Crippen LogP contribution in [0.4, 0.5) is 10.1 Å². The number of amides is 1. The van der Waals surface area contributed by atoms with Crippen molar-refractivity contribution in [3.8, 4) is 0 Å². The average Bonchev–Trinajstić information content (AvgIpc) is 2.77. The summed E-state index contributed by atoms with van der Waals surface area (Å²) >= 11 is 5.74. The van der Waals surface area contributed by atoms with Gasteiger partial charge in [-0.15, -0.1) is 0 Å². The van der Waals surface area contributed by atoms with Crippen molar-refractivity contribution in [2.24, 2.45) is 0 Å². The van der Waals surface area contributed by atoms with Gasteiger partial charge in [-0.1, -0.05) is 35.9 Å². The van der Waals surface area contributed by atoms with Crippen molar-refractivity contribution in [2.75, 3.05) is 4.90 Å². The van der Waals surface area contributed by atoms with Crippen LogP contribution in [0.5, 0.6) is 0 Å². The van der Waals surface area contributed by atoms with E-state index in [1.165, 1.54) is 6.07 Å². The highest BCUT2D eigenvalue weighted by Gasteiger charge is 2.30. The van der Waals surface area contributed by atoms with Gasteiger partial charge in [0.1, 0.15) is 5.82 Å². The van der Waals surface area contributed by atoms with Gasteiger partial charge in [0, 0.05) is 16.8 Å². The summed E-state index contributed by atoms with van der Waals surface area (Å²) in [5, 5.41) is 0.337. The van der Waals surface area contributed by atoms with Crippen LogP contribution in [0, 0.1) is 5.82 Å². The topological polar surface area (TPSA) is 20.3 Å². The Morgan fingerprint density at radius 3 is 2.86 bits per heavy atom. The molecule has 2 aromatic carbocycles. The summed E-state index contributed by atoms with van der Waals surface area (Å²) in [6, 6.07) is 12.4. The maximum atomic E-state index is 13.8. The Labute approximate surface area is 128 Å². The summed E-state index contributed by atoms with van der Waals surface area (Å²) in [6.07, 6.45) is 0.882. The Balaban J connectivity index is 1.86. The lowest BCUT2D eigenvalue weighted by Crippen LogP contribution is -2.36. The number of halogens is 2. The highest BCUT2D eigenvalue weighted by molar-refractivity contribution is 6.30. The van der Waals surface area contributed by atoms with Gasteiger partial charge < -0.3 is 4.90 Å². The number of fused-ring (bicyclic) bond motifs is 1. The minimum absolute atomic E-state index is 0.0433. The van der Waals surface area contributed by atoms with Crippen LogP contribution in [-0.2, 0) is 17.6 Å². The summed E-state index contributed by atoms with van der Waals surface area (Å²) in [6.45, 7) is 2.01. The van der Waals surface area contributed by atoms with Crippen LogP contribution in [0.3, 0.4) is 0 Å². The molecule has 1 aliphatic heterocycles. The molecule has 0 spiro atoms. The minimum Gasteiger partial charge on any atom is -0.309 e. The van der Waals surface area contributed by atoms with E-state index in [9.17, 15) is 9.18 Å². The molecular formula is C17H15ClFNO. The Bertz CT molecular complexity index is 701. The second-order valence-corrected chi connectivity index (χ2v) is 5.79. The smallest absolute Gasteiger partial charge is 0.231 e. The number of para-hydroxylation sites is 1. The van der Waals surface area contributed by atoms with Gasteiger partial charge >= 0.3 is 0 Å². The maximum Gasteiger partial charge on any atom is 0.231 e. The number of hydrogen-bond donors (Lipinski definition) is 0. The predicted molar refractivity (Wildman–Crippen MR) is 82.2 cm³/mol. The molecule has 108 valence electrons. The Morgan fingerprint density at radius 1 is 1.33 bits per heavy atom. The molecule has 1 heterocycles. The molecule has 21 heavy (non-hydrogen) atoms. The third-order valence-corrected chi connectivity index (χ3v) is 4.07. The van der Waals surface area contributed by atoms with Gasteiger partial charge in [0.25, 0.3) is 0 Å². The summed E-state index contributed by atoms with van der Waals surface area (Å²) in [5.41, 5.74) is 2.47. The molecule has 2 aromatic rings. The summed E-state index contributed by atoms with van der Waals surface area (Å²) < 4.78 is 13.8. The Morgan fingerprint density at radius 2 is 2.10 bits per heavy atom. The molecule has 4 heteroatoms. The van der Waals surface area contributed by atoms with Gasteiger partial charge in [-0.05, 0) is 42.7 Å². The van der Waals surface area contributed by atoms with Gasteiger partial charge in [0.05, 0.1) is 6.42 Å². The van der Waals surface area contributed by atoms with Crippen LogP contribution in [0.25, 0.3) is 0 Å². The number of benzene rings is 2. The second-order valence-electron chi connectivity index (χ2n) is 5.36. The number of anilines is 1. The van der Waals surface area contributed by atoms with E-state index < -0.39 is 5.82 Å². The van der Waals surface area contributed by atoms with Gasteiger partial charge in [-0.25, -0.2) is 4.39 Å². The lowest BCUT2D eigenvalue weighted by atomic mass is 10.1. The molecule has 0 N–H and O–H groups in total. The van der Waals surface area contributed by atoms with Crippen molar-refractivity contribution in [2.45, 2.75) is 25.8 Å². The summed E-state index contributed by atoms with van der Waals surface area (Å²) in [7, 11) is 0. The molecular weight excluding hydrogens is 289 g/mol. The standard InChI is InChI=1S/C17H15ClFNO/c1-11-8-13-4-2-3-5-16(13)20(11)17(21)9-12-6-7-14(18)10-15(12)19/h2-7,10-11H,8-9H2,1H3/t11-/m0/s1. The molecule has 2 nitrogen and oxygen atoms in total. The number of nitrogens with zero attached hydrogens (tertiary/aromatic N) is 1. The highest BCUT2D eigenvalue weighted by atomic mass is 35.5. The molecule has 0 bridgehead atoms. The lowest BCUT2D eigenvalue weighted by molar-refractivity contribution is -0.118. The van der Waals surface area contributed by atoms with Gasteiger partial charge in [0.15, 0.2) is 0 Å². The number of rotatable bonds is 2. The van der Waals surface area contributed by atoms with Crippen LogP contribution >= 0.6 is 11.6 Å². The van der Waals surface area contributed by atoms with E-state index in [1.807, 2.05) is 31.2 Å². The molecule has 0 aromatic heterocycles. The molecule has 3 rings (SSSR count). The van der Waals surface area contributed by atoms with E-state index in [2.05, 4.69) is 0 Å². The summed E-state index contributed by atoms with van der Waals surface area (Å²) in [5.74, 6) is -0.523. The van der Waals surface area contributed by atoms with Crippen LogP contribution in [-0.4, -0.2) is 11.9 Å². The fourth-order valence-corrected chi connectivity index (χ4v) is 3.02. The second kappa shape index (κ2) is 5.49. The van der Waals surface area contributed by atoms with E-state index in [0.29, 0.717) is 10.6 Å². The first-order valence-corrected chi connectivity index (χ1v) is 7.28. The third kappa shape index (κ3) is 2.66. The molecule has 1 aliphatic rings. The van der Waals surface area contributed by atoms with Crippen molar-refractivity contribution < 1.29 is 9.18 Å². The Kier molecular flexibility index (Phi) is 3.68. The van der Waals surface area contributed by atoms with Crippen LogP contribution in [0.2, 0.25) is 5.02 Å². The van der Waals surface area contributed by atoms with E-state index in [-0.39, 0.29) is 18.4 Å². The zero-order valence-corrected chi connectivity index (χ0v) is 12.4. The maximum absolute atomic E-state index is 13.8. The predicted octanol–water partition coefficient (Wildman–Crippen LogP) is 4.00. The summed E-state index contributed by atoms with van der Waals surface area (Å²) in [4.78, 5) is 14.3. The fraction of sp³-hybridized carbons (Fsp3) is 0.235. The van der Waals surface area contributed by atoms with E-state index in [1.54, 1.807) is 17.0 Å². The van der Waals surface area contributed by atoms with Crippen molar-refractivity contribution in [1.82, 2.24) is 0 Å². The lowest BCUT2D eigenvalue weighted by Gasteiger charge is -2.23. The first kappa shape index (κ1) is 14.1. The average molecular weight is 304 g/mol. The molecule has 0 aliphatic carbocycles. The third-order valence-electron chi connectivity index (χ3n) is 3.83. The van der Waals surface area contributed by atoms with E-state index in [0.717, 1.165) is 17.7 Å². The monoisotopic (exact) mass is 303 g/mol. The molecule has 1 amide bonds. The number of carbonyl (C=O) groups excluding carboxylic acids is 1. The van der Waals surface area contributed by atoms with Crippen molar-refractivity contribution >= 4 is 23.2 Å². The molecule has 0 fully saturated rings. The van der Waals surface area contributed by atoms with Crippen molar-refractivity contribution in [3.05, 3.63) is 64.4 Å². The molecule has 0 unspecified atom stereocenters. The molecule has 0 radical (unpaired) electrons. The number of hydrogen-bond acceptors (Lipinski definition) is 1. The van der Waals surface area contributed by atoms with Gasteiger partial charge in [0.2, 0.25) is 5.91 Å². The van der Waals surface area contributed by atoms with Crippen molar-refractivity contribution in [3.63, 3.8) is 0 Å². The quantitative estimate of drug-likeness (QED) is 0.821. The minimum atomic E-state index is -0.434. The van der Waals surface area contributed by atoms with E-state index >= 15 is 0 Å². The normalized spacial score (nSPS) is 16.9. The number of carbonyl (C=O) groups is 1. The van der Waals surface area contributed by atoms with Crippen LogP contribution in [0.1, 0.15) is 18.1 Å². The Hall–Kier alpha value is -1.87. The highest BCUT2D eigenvalue weighted by Crippen LogP contribution is 2.32. The zero-order valence-electron chi connectivity index (χ0n) is 11.6.